The van der Waals surface area contributed by atoms with Crippen molar-refractivity contribution >= 4 is 32.8 Å². The zero-order valence-electron chi connectivity index (χ0n) is 5.80. The Bertz CT molecular complexity index is 211. The van der Waals surface area contributed by atoms with Gasteiger partial charge in [-0.1, -0.05) is 28.1 Å². The van der Waals surface area contributed by atoms with Crippen molar-refractivity contribution < 1.29 is 0 Å². The normalized spacial score (nSPS) is 12.0. The second-order valence-electron chi connectivity index (χ2n) is 1.92. The van der Waals surface area contributed by atoms with Gasteiger partial charge in [0.1, 0.15) is 0 Å². The molecule has 0 radical (unpaired) electrons. The average Bonchev–Trinajstić information content (AvgIpc) is 2.43. The van der Waals surface area contributed by atoms with E-state index in [1.807, 2.05) is 0 Å². The molecule has 0 spiro atoms. The molecule has 1 heterocycles. The van der Waals surface area contributed by atoms with Crippen molar-refractivity contribution in [1.29, 1.82) is 0 Å². The molecule has 0 amide bonds. The average molecular weight is 217 g/mol. The van der Waals surface area contributed by atoms with Crippen molar-refractivity contribution in [3.8, 4) is 0 Å². The first-order valence-corrected chi connectivity index (χ1v) is 5.13. The summed E-state index contributed by atoms with van der Waals surface area (Å²) in [7, 11) is 0. The van der Waals surface area contributed by atoms with Crippen molar-refractivity contribution in [3.63, 3.8) is 0 Å². The van der Waals surface area contributed by atoms with Crippen molar-refractivity contribution in [2.45, 2.75) is 6.92 Å². The molecule has 1 rings (SSSR count). The molecule has 0 aliphatic heterocycles. The molecule has 1 aromatic heterocycles. The molecule has 0 saturated carbocycles. The van der Waals surface area contributed by atoms with Gasteiger partial charge in [-0.25, -0.2) is 0 Å². The summed E-state index contributed by atoms with van der Waals surface area (Å²) >= 11 is 5.22. The number of allylic oxidation sites excluding steroid dienone is 2. The van der Waals surface area contributed by atoms with Gasteiger partial charge in [0, 0.05) is 10.2 Å². The molecule has 54 valence electrons. The van der Waals surface area contributed by atoms with Gasteiger partial charge in [0.05, 0.1) is 0 Å². The Kier molecular flexibility index (Phi) is 3.16. The van der Waals surface area contributed by atoms with Gasteiger partial charge < -0.3 is 0 Å². The molecule has 0 N–H and O–H groups in total. The molecule has 0 aliphatic rings. The van der Waals surface area contributed by atoms with Crippen LogP contribution in [-0.4, -0.2) is 5.33 Å². The maximum atomic E-state index is 3.44. The summed E-state index contributed by atoms with van der Waals surface area (Å²) in [6.07, 6.45) is 2.14. The monoisotopic (exact) mass is 216 g/mol. The molecule has 10 heavy (non-hydrogen) atoms. The number of hydrogen-bond acceptors (Lipinski definition) is 1. The summed E-state index contributed by atoms with van der Waals surface area (Å²) in [5.74, 6) is 0. The van der Waals surface area contributed by atoms with E-state index in [1.165, 1.54) is 10.5 Å². The summed E-state index contributed by atoms with van der Waals surface area (Å²) < 4.78 is 0. The van der Waals surface area contributed by atoms with Crippen LogP contribution >= 0.6 is 27.3 Å². The largest absolute Gasteiger partial charge is 0.144 e. The van der Waals surface area contributed by atoms with Gasteiger partial charge in [-0.05, 0) is 23.9 Å². The predicted molar refractivity (Wildman–Crippen MR) is 51.8 cm³/mol. The number of thiophene rings is 1. The Balaban J connectivity index is 2.85. The minimum absolute atomic E-state index is 0.948. The second kappa shape index (κ2) is 3.94. The lowest BCUT2D eigenvalue weighted by molar-refractivity contribution is 1.66. The van der Waals surface area contributed by atoms with Gasteiger partial charge in [0.25, 0.3) is 0 Å². The lowest BCUT2D eigenvalue weighted by Crippen LogP contribution is -1.77. The van der Waals surface area contributed by atoms with Crippen LogP contribution in [0, 0.1) is 0 Å². The van der Waals surface area contributed by atoms with Crippen LogP contribution in [0.15, 0.2) is 23.6 Å². The van der Waals surface area contributed by atoms with Crippen LogP contribution < -0.4 is 0 Å². The zero-order valence-corrected chi connectivity index (χ0v) is 8.21. The summed E-state index contributed by atoms with van der Waals surface area (Å²) in [5, 5.41) is 3.05. The SMILES string of the molecule is CC=C(CBr)c1cccs1. The standard InChI is InChI=1S/C8H9BrS/c1-2-7(6-9)8-4-3-5-10-8/h2-5H,6H2,1H3. The first kappa shape index (κ1) is 8.02. The highest BCUT2D eigenvalue weighted by molar-refractivity contribution is 9.09. The van der Waals surface area contributed by atoms with E-state index in [0.717, 1.165) is 5.33 Å². The molecule has 0 aliphatic carbocycles. The maximum Gasteiger partial charge on any atom is 0.0307 e. The van der Waals surface area contributed by atoms with Crippen molar-refractivity contribution in [1.82, 2.24) is 0 Å². The van der Waals surface area contributed by atoms with E-state index in [9.17, 15) is 0 Å². The van der Waals surface area contributed by atoms with Crippen LogP contribution in [0.1, 0.15) is 11.8 Å². The maximum absolute atomic E-state index is 3.44. The van der Waals surface area contributed by atoms with E-state index in [4.69, 9.17) is 0 Å². The van der Waals surface area contributed by atoms with Crippen LogP contribution in [0.2, 0.25) is 0 Å². The molecule has 0 fully saturated rings. The van der Waals surface area contributed by atoms with Gasteiger partial charge in [0.2, 0.25) is 0 Å². The fourth-order valence-corrected chi connectivity index (χ4v) is 2.36. The minimum atomic E-state index is 0.948. The third-order valence-corrected chi connectivity index (χ3v) is 2.88. The van der Waals surface area contributed by atoms with E-state index in [2.05, 4.69) is 46.4 Å². The first-order valence-electron chi connectivity index (χ1n) is 3.13. The van der Waals surface area contributed by atoms with E-state index < -0.39 is 0 Å². The summed E-state index contributed by atoms with van der Waals surface area (Å²) in [5.41, 5.74) is 1.37. The molecule has 1 aromatic rings. The van der Waals surface area contributed by atoms with Gasteiger partial charge in [-0.3, -0.25) is 0 Å². The Morgan fingerprint density at radius 1 is 1.80 bits per heavy atom. The fourth-order valence-electron chi connectivity index (χ4n) is 0.747. The first-order chi connectivity index (χ1) is 4.88. The summed E-state index contributed by atoms with van der Waals surface area (Å²) in [4.78, 5) is 1.36. The molecule has 0 saturated heterocycles. The van der Waals surface area contributed by atoms with Crippen molar-refractivity contribution in [2.75, 3.05) is 5.33 Å². The quantitative estimate of drug-likeness (QED) is 0.664. The number of alkyl halides is 1. The summed E-state index contributed by atoms with van der Waals surface area (Å²) in [6.45, 7) is 2.07. The Labute approximate surface area is 73.7 Å². The van der Waals surface area contributed by atoms with Gasteiger partial charge in [-0.15, -0.1) is 11.3 Å². The molecule has 2 heteroatoms. The third-order valence-electron chi connectivity index (χ3n) is 1.33. The lowest BCUT2D eigenvalue weighted by atomic mass is 10.2. The van der Waals surface area contributed by atoms with Crippen molar-refractivity contribution in [3.05, 3.63) is 28.5 Å². The zero-order chi connectivity index (χ0) is 7.40. The molecule has 0 bridgehead atoms. The number of halogens is 1. The van der Waals surface area contributed by atoms with Gasteiger partial charge in [-0.2, -0.15) is 0 Å². The Morgan fingerprint density at radius 3 is 3.00 bits per heavy atom. The lowest BCUT2D eigenvalue weighted by Gasteiger charge is -1.95. The minimum Gasteiger partial charge on any atom is -0.144 e. The topological polar surface area (TPSA) is 0 Å². The van der Waals surface area contributed by atoms with Crippen LogP contribution in [0.25, 0.3) is 5.57 Å². The highest BCUT2D eigenvalue weighted by Gasteiger charge is 1.97. The highest BCUT2D eigenvalue weighted by atomic mass is 79.9. The van der Waals surface area contributed by atoms with Crippen LogP contribution in [0.4, 0.5) is 0 Å². The van der Waals surface area contributed by atoms with Crippen LogP contribution in [0.5, 0.6) is 0 Å². The van der Waals surface area contributed by atoms with Crippen LogP contribution in [0.3, 0.4) is 0 Å². The molecular formula is C8H9BrS. The van der Waals surface area contributed by atoms with Crippen molar-refractivity contribution in [2.24, 2.45) is 0 Å². The van der Waals surface area contributed by atoms with Gasteiger partial charge >= 0.3 is 0 Å². The van der Waals surface area contributed by atoms with Crippen LogP contribution in [-0.2, 0) is 0 Å². The molecule has 0 atom stereocenters. The number of rotatable bonds is 2. The predicted octanol–water partition coefficient (Wildman–Crippen LogP) is 3.55. The summed E-state index contributed by atoms with van der Waals surface area (Å²) in [6, 6.07) is 4.22. The number of hydrogen-bond donors (Lipinski definition) is 0. The Hall–Kier alpha value is -0.0800. The fraction of sp³-hybridized carbons (Fsp3) is 0.250. The van der Waals surface area contributed by atoms with E-state index in [1.54, 1.807) is 11.3 Å². The smallest absolute Gasteiger partial charge is 0.0307 e. The van der Waals surface area contributed by atoms with E-state index >= 15 is 0 Å². The third kappa shape index (κ3) is 1.70. The van der Waals surface area contributed by atoms with Gasteiger partial charge in [0.15, 0.2) is 0 Å². The molecular weight excluding hydrogens is 208 g/mol. The highest BCUT2D eigenvalue weighted by Crippen LogP contribution is 2.21. The van der Waals surface area contributed by atoms with E-state index in [0.29, 0.717) is 0 Å². The Morgan fingerprint density at radius 2 is 2.60 bits per heavy atom. The molecule has 0 aromatic carbocycles. The second-order valence-corrected chi connectivity index (χ2v) is 3.43. The molecule has 0 unspecified atom stereocenters. The van der Waals surface area contributed by atoms with E-state index in [-0.39, 0.29) is 0 Å². The molecule has 0 nitrogen and oxygen atoms in total.